The van der Waals surface area contributed by atoms with E-state index in [0.29, 0.717) is 0 Å². The van der Waals surface area contributed by atoms with Crippen molar-refractivity contribution < 1.29 is 27.1 Å². The molecule has 170 valence electrons. The lowest BCUT2D eigenvalue weighted by atomic mass is 9.64. The lowest BCUT2D eigenvalue weighted by Crippen LogP contribution is -2.55. The number of halogens is 5. The summed E-state index contributed by atoms with van der Waals surface area (Å²) in [5, 5.41) is 11.0. The zero-order valence-electron chi connectivity index (χ0n) is 16.9. The number of amides is 1. The molecule has 1 aliphatic heterocycles. The van der Waals surface area contributed by atoms with Gasteiger partial charge in [0.1, 0.15) is 17.6 Å². The maximum Gasteiger partial charge on any atom is 0.425 e. The number of amidine groups is 1. The van der Waals surface area contributed by atoms with Gasteiger partial charge >= 0.3 is 6.18 Å². The first-order valence-electron chi connectivity index (χ1n) is 9.31. The van der Waals surface area contributed by atoms with Gasteiger partial charge < -0.3 is 15.8 Å². The monoisotopic (exact) mass is 471 g/mol. The standard InChI is InChI=1S/C20H18ClF4N5O2/c1-18(19(2)7-14(20(23,24)25)32-17(27)30-19)6-11(5-12(22)15(18)21)29-16(31)13-4-3-10(8-26)9-28-13/h3-5,9,14H,6-7H2,1-2H3,(H2,27,30)(H,29,31)/t14-,18?,19-/m0/s1. The number of alkyl halides is 3. The number of rotatable bonds is 3. The number of nitriles is 1. The highest BCUT2D eigenvalue weighted by Crippen LogP contribution is 2.54. The largest absolute Gasteiger partial charge is 0.452 e. The van der Waals surface area contributed by atoms with E-state index < -0.39 is 47.4 Å². The van der Waals surface area contributed by atoms with Crippen molar-refractivity contribution in [1.82, 2.24) is 10.3 Å². The molecule has 32 heavy (non-hydrogen) atoms. The Morgan fingerprint density at radius 3 is 2.66 bits per heavy atom. The highest BCUT2D eigenvalue weighted by atomic mass is 35.5. The Bertz CT molecular complexity index is 1080. The second kappa shape index (κ2) is 8.09. The Morgan fingerprint density at radius 2 is 2.09 bits per heavy atom. The molecular weight excluding hydrogens is 454 g/mol. The van der Waals surface area contributed by atoms with Crippen molar-refractivity contribution in [2.45, 2.75) is 44.5 Å². The second-order valence-electron chi connectivity index (χ2n) is 7.91. The van der Waals surface area contributed by atoms with Crippen LogP contribution in [-0.2, 0) is 4.74 Å². The van der Waals surface area contributed by atoms with Crippen LogP contribution in [0.1, 0.15) is 42.7 Å². The van der Waals surface area contributed by atoms with Gasteiger partial charge in [0.15, 0.2) is 6.10 Å². The predicted molar refractivity (Wildman–Crippen MR) is 107 cm³/mol. The number of nitrogens with one attached hydrogen (secondary N) is 1. The maximum absolute atomic E-state index is 14.8. The number of aliphatic imine (C=N–C) groups is 1. The molecule has 1 amide bonds. The molecular formula is C20H18ClF4N5O2. The zero-order valence-corrected chi connectivity index (χ0v) is 17.7. The van der Waals surface area contributed by atoms with Crippen LogP contribution in [-0.4, -0.2) is 34.7 Å². The first-order chi connectivity index (χ1) is 14.8. The summed E-state index contributed by atoms with van der Waals surface area (Å²) in [5.74, 6) is -1.62. The molecule has 2 heterocycles. The van der Waals surface area contributed by atoms with E-state index in [1.165, 1.54) is 32.2 Å². The van der Waals surface area contributed by atoms with Crippen LogP contribution in [0.5, 0.6) is 0 Å². The average Bonchev–Trinajstić information content (AvgIpc) is 2.70. The summed E-state index contributed by atoms with van der Waals surface area (Å²) in [6, 6.07) is 3.88. The van der Waals surface area contributed by atoms with Gasteiger partial charge in [-0.25, -0.2) is 14.4 Å². The van der Waals surface area contributed by atoms with Crippen LogP contribution in [0.3, 0.4) is 0 Å². The van der Waals surface area contributed by atoms with Crippen LogP contribution in [0.2, 0.25) is 0 Å². The fourth-order valence-corrected chi connectivity index (χ4v) is 4.02. The number of nitrogens with zero attached hydrogens (tertiary/aromatic N) is 3. The van der Waals surface area contributed by atoms with Gasteiger partial charge in [-0.1, -0.05) is 18.5 Å². The Balaban J connectivity index is 1.91. The summed E-state index contributed by atoms with van der Waals surface area (Å²) in [6.07, 6.45) is -5.59. The molecule has 2 aliphatic rings. The van der Waals surface area contributed by atoms with Crippen LogP contribution in [0.4, 0.5) is 17.6 Å². The van der Waals surface area contributed by atoms with Crippen LogP contribution >= 0.6 is 11.6 Å². The van der Waals surface area contributed by atoms with Gasteiger partial charge in [-0.15, -0.1) is 0 Å². The van der Waals surface area contributed by atoms with Crippen molar-refractivity contribution in [3.8, 4) is 6.07 Å². The molecule has 0 radical (unpaired) electrons. The number of ether oxygens (including phenoxy) is 1. The Hall–Kier alpha value is -3.13. The zero-order chi connectivity index (χ0) is 23.9. The molecule has 1 aliphatic carbocycles. The third-order valence-electron chi connectivity index (χ3n) is 5.70. The molecule has 3 atom stereocenters. The minimum absolute atomic E-state index is 0.0376. The number of aromatic nitrogens is 1. The first kappa shape index (κ1) is 23.5. The third kappa shape index (κ3) is 4.27. The predicted octanol–water partition coefficient (Wildman–Crippen LogP) is 3.82. The van der Waals surface area contributed by atoms with Crippen molar-refractivity contribution >= 4 is 23.5 Å². The molecule has 0 saturated heterocycles. The number of allylic oxidation sites excluding steroid dienone is 3. The van der Waals surface area contributed by atoms with Crippen molar-refractivity contribution in [1.29, 1.82) is 5.26 Å². The summed E-state index contributed by atoms with van der Waals surface area (Å²) in [6.45, 7) is 2.83. The average molecular weight is 472 g/mol. The summed E-state index contributed by atoms with van der Waals surface area (Å²) in [4.78, 5) is 20.4. The molecule has 0 fully saturated rings. The van der Waals surface area contributed by atoms with E-state index in [2.05, 4.69) is 20.0 Å². The van der Waals surface area contributed by atoms with Gasteiger partial charge in [-0.05, 0) is 25.1 Å². The minimum Gasteiger partial charge on any atom is -0.452 e. The lowest BCUT2D eigenvalue weighted by molar-refractivity contribution is -0.210. The molecule has 1 unspecified atom stereocenters. The molecule has 12 heteroatoms. The van der Waals surface area contributed by atoms with Gasteiger partial charge in [0.05, 0.1) is 16.1 Å². The van der Waals surface area contributed by atoms with E-state index in [0.717, 1.165) is 6.08 Å². The van der Waals surface area contributed by atoms with Gasteiger partial charge in [-0.2, -0.15) is 18.4 Å². The Morgan fingerprint density at radius 1 is 1.41 bits per heavy atom. The van der Waals surface area contributed by atoms with Gasteiger partial charge in [0, 0.05) is 30.2 Å². The molecule has 7 nitrogen and oxygen atoms in total. The molecule has 3 rings (SSSR count). The van der Waals surface area contributed by atoms with E-state index in [-0.39, 0.29) is 28.4 Å². The number of hydrogen-bond donors (Lipinski definition) is 2. The molecule has 0 bridgehead atoms. The van der Waals surface area contributed by atoms with Gasteiger partial charge in [0.25, 0.3) is 11.9 Å². The van der Waals surface area contributed by atoms with Crippen molar-refractivity contribution in [2.75, 3.05) is 0 Å². The summed E-state index contributed by atoms with van der Waals surface area (Å²) in [7, 11) is 0. The van der Waals surface area contributed by atoms with E-state index in [4.69, 9.17) is 22.6 Å². The van der Waals surface area contributed by atoms with Crippen LogP contribution in [0, 0.1) is 16.7 Å². The smallest absolute Gasteiger partial charge is 0.425 e. The maximum atomic E-state index is 14.8. The van der Waals surface area contributed by atoms with Crippen LogP contribution < -0.4 is 11.1 Å². The van der Waals surface area contributed by atoms with Crippen molar-refractivity contribution in [2.24, 2.45) is 16.1 Å². The van der Waals surface area contributed by atoms with Gasteiger partial charge in [0.2, 0.25) is 0 Å². The van der Waals surface area contributed by atoms with Crippen LogP contribution in [0.15, 0.2) is 46.0 Å². The summed E-state index contributed by atoms with van der Waals surface area (Å²) >= 11 is 6.23. The molecule has 0 spiro atoms. The van der Waals surface area contributed by atoms with Crippen molar-refractivity contribution in [3.05, 3.63) is 52.2 Å². The molecule has 0 saturated carbocycles. The van der Waals surface area contributed by atoms with E-state index in [1.807, 2.05) is 6.07 Å². The van der Waals surface area contributed by atoms with Crippen molar-refractivity contribution in [3.63, 3.8) is 0 Å². The van der Waals surface area contributed by atoms with E-state index >= 15 is 0 Å². The first-order valence-corrected chi connectivity index (χ1v) is 9.69. The summed E-state index contributed by atoms with van der Waals surface area (Å²) < 4.78 is 59.5. The van der Waals surface area contributed by atoms with E-state index in [1.54, 1.807) is 0 Å². The summed E-state index contributed by atoms with van der Waals surface area (Å²) in [5.41, 5.74) is 2.71. The fourth-order valence-electron chi connectivity index (χ4n) is 3.70. The highest BCUT2D eigenvalue weighted by Gasteiger charge is 2.57. The third-order valence-corrected chi connectivity index (χ3v) is 6.29. The molecule has 3 N–H and O–H groups in total. The topological polar surface area (TPSA) is 113 Å². The number of nitrogens with two attached hydrogens (primary N) is 1. The fraction of sp³-hybridized carbons (Fsp3) is 0.400. The van der Waals surface area contributed by atoms with E-state index in [9.17, 15) is 22.4 Å². The normalized spacial score (nSPS) is 28.2. The number of carbonyl (C=O) groups is 1. The Kier molecular flexibility index (Phi) is 5.95. The highest BCUT2D eigenvalue weighted by molar-refractivity contribution is 6.31. The second-order valence-corrected chi connectivity index (χ2v) is 8.29. The Labute approximate surface area is 185 Å². The molecule has 0 aromatic carbocycles. The van der Waals surface area contributed by atoms with Gasteiger partial charge in [-0.3, -0.25) is 4.79 Å². The SMILES string of the molecule is CC1([C@]2(C)C[C@@H](C(F)(F)F)OC(N)=N2)CC(NC(=O)c2ccc(C#N)cn2)=CC(F)=C1Cl. The lowest BCUT2D eigenvalue weighted by Gasteiger charge is -2.48. The minimum atomic E-state index is -4.73. The quantitative estimate of drug-likeness (QED) is 0.650. The number of hydrogen-bond acceptors (Lipinski definition) is 6. The van der Waals surface area contributed by atoms with Crippen LogP contribution in [0.25, 0.3) is 0 Å². The molecule has 1 aromatic heterocycles. The number of pyridine rings is 1. The molecule has 1 aromatic rings. The number of carbonyl (C=O) groups excluding carboxylic acids is 1.